The quantitative estimate of drug-likeness (QED) is 0.405. The van der Waals surface area contributed by atoms with E-state index in [1.165, 1.54) is 45.6 Å². The summed E-state index contributed by atoms with van der Waals surface area (Å²) < 4.78 is 0. The van der Waals surface area contributed by atoms with Gasteiger partial charge in [-0.2, -0.15) is 0 Å². The molecule has 1 aliphatic heterocycles. The summed E-state index contributed by atoms with van der Waals surface area (Å²) >= 11 is 0. The molecule has 130 valence electrons. The van der Waals surface area contributed by atoms with Gasteiger partial charge in [0.2, 0.25) is 0 Å². The molecular weight excluding hydrogens is 274 g/mol. The second-order valence-electron chi connectivity index (χ2n) is 7.13. The van der Waals surface area contributed by atoms with Gasteiger partial charge >= 0.3 is 0 Å². The molecular formula is C17H37N5. The fourth-order valence-corrected chi connectivity index (χ4v) is 2.74. The molecule has 1 aliphatic rings. The lowest BCUT2D eigenvalue weighted by atomic mass is 10.1. The van der Waals surface area contributed by atoms with Gasteiger partial charge in [0, 0.05) is 52.9 Å². The molecule has 1 rings (SSSR count). The third kappa shape index (κ3) is 8.59. The maximum Gasteiger partial charge on any atom is 0.190 e. The average Bonchev–Trinajstić information content (AvgIpc) is 2.48. The van der Waals surface area contributed by atoms with Crippen molar-refractivity contribution in [1.29, 1.82) is 0 Å². The van der Waals surface area contributed by atoms with E-state index in [-0.39, 0.29) is 0 Å². The molecule has 1 atom stereocenters. The van der Waals surface area contributed by atoms with Crippen molar-refractivity contribution in [2.24, 2.45) is 16.8 Å². The van der Waals surface area contributed by atoms with Crippen molar-refractivity contribution in [1.82, 2.24) is 20.4 Å². The Labute approximate surface area is 137 Å². The molecule has 5 nitrogen and oxygen atoms in total. The Morgan fingerprint density at radius 2 is 1.77 bits per heavy atom. The standard InChI is InChI=1S/C17H37N5/c1-15(2)7-6-8-19-17(18-4)20-13-16(3)14-22-11-9-21(5)10-12-22/h15-16H,6-14H2,1-5H3,(H2,18,19,20). The number of nitrogens with zero attached hydrogens (tertiary/aromatic N) is 3. The topological polar surface area (TPSA) is 42.9 Å². The molecule has 0 saturated carbocycles. The summed E-state index contributed by atoms with van der Waals surface area (Å²) in [6.07, 6.45) is 2.47. The van der Waals surface area contributed by atoms with Crippen LogP contribution in [0.4, 0.5) is 0 Å². The molecule has 0 amide bonds. The largest absolute Gasteiger partial charge is 0.356 e. The SMILES string of the molecule is CN=C(NCCCC(C)C)NCC(C)CN1CCN(C)CC1. The zero-order chi connectivity index (χ0) is 16.4. The summed E-state index contributed by atoms with van der Waals surface area (Å²) in [5.41, 5.74) is 0. The van der Waals surface area contributed by atoms with Crippen molar-refractivity contribution in [2.45, 2.75) is 33.6 Å². The highest BCUT2D eigenvalue weighted by Crippen LogP contribution is 2.04. The summed E-state index contributed by atoms with van der Waals surface area (Å²) in [7, 11) is 4.06. The van der Waals surface area contributed by atoms with E-state index in [1.807, 2.05) is 7.05 Å². The van der Waals surface area contributed by atoms with Crippen molar-refractivity contribution >= 4 is 5.96 Å². The van der Waals surface area contributed by atoms with E-state index in [2.05, 4.69) is 53.2 Å². The lowest BCUT2D eigenvalue weighted by Crippen LogP contribution is -2.47. The molecule has 5 heteroatoms. The van der Waals surface area contributed by atoms with Gasteiger partial charge in [-0.05, 0) is 31.7 Å². The molecule has 0 aromatic heterocycles. The number of rotatable bonds is 8. The first kappa shape index (κ1) is 19.2. The van der Waals surface area contributed by atoms with Crippen LogP contribution in [-0.4, -0.2) is 75.7 Å². The summed E-state index contributed by atoms with van der Waals surface area (Å²) in [5, 5.41) is 6.87. The van der Waals surface area contributed by atoms with Gasteiger partial charge < -0.3 is 20.4 Å². The smallest absolute Gasteiger partial charge is 0.190 e. The first-order valence-electron chi connectivity index (χ1n) is 8.86. The van der Waals surface area contributed by atoms with Gasteiger partial charge in [-0.25, -0.2) is 0 Å². The minimum atomic E-state index is 0.637. The van der Waals surface area contributed by atoms with Crippen molar-refractivity contribution in [3.05, 3.63) is 0 Å². The van der Waals surface area contributed by atoms with Gasteiger partial charge in [0.25, 0.3) is 0 Å². The Bertz CT molecular complexity index is 308. The van der Waals surface area contributed by atoms with E-state index in [9.17, 15) is 0 Å². The number of guanidine groups is 1. The lowest BCUT2D eigenvalue weighted by molar-refractivity contribution is 0.139. The summed E-state index contributed by atoms with van der Waals surface area (Å²) in [6.45, 7) is 14.8. The van der Waals surface area contributed by atoms with Gasteiger partial charge in [-0.3, -0.25) is 4.99 Å². The van der Waals surface area contributed by atoms with Gasteiger partial charge in [0.15, 0.2) is 5.96 Å². The van der Waals surface area contributed by atoms with Gasteiger partial charge in [0.05, 0.1) is 0 Å². The Kier molecular flexibility index (Phi) is 9.48. The van der Waals surface area contributed by atoms with Crippen LogP contribution in [0.1, 0.15) is 33.6 Å². The molecule has 0 spiro atoms. The molecule has 1 saturated heterocycles. The lowest BCUT2D eigenvalue weighted by Gasteiger charge is -2.34. The van der Waals surface area contributed by atoms with Crippen LogP contribution < -0.4 is 10.6 Å². The maximum absolute atomic E-state index is 4.31. The van der Waals surface area contributed by atoms with Crippen LogP contribution in [-0.2, 0) is 0 Å². The van der Waals surface area contributed by atoms with Crippen LogP contribution in [0.25, 0.3) is 0 Å². The van der Waals surface area contributed by atoms with Gasteiger partial charge in [-0.1, -0.05) is 20.8 Å². The number of aliphatic imine (C=N–C) groups is 1. The highest BCUT2D eigenvalue weighted by Gasteiger charge is 2.16. The van der Waals surface area contributed by atoms with E-state index in [0.29, 0.717) is 5.92 Å². The second-order valence-corrected chi connectivity index (χ2v) is 7.13. The zero-order valence-corrected chi connectivity index (χ0v) is 15.4. The minimum Gasteiger partial charge on any atom is -0.356 e. The predicted octanol–water partition coefficient (Wildman–Crippen LogP) is 1.47. The number of hydrogen-bond donors (Lipinski definition) is 2. The highest BCUT2D eigenvalue weighted by molar-refractivity contribution is 5.79. The van der Waals surface area contributed by atoms with Crippen LogP contribution in [0.3, 0.4) is 0 Å². The summed E-state index contributed by atoms with van der Waals surface area (Å²) in [5.74, 6) is 2.35. The fraction of sp³-hybridized carbons (Fsp3) is 0.941. The molecule has 0 aliphatic carbocycles. The molecule has 0 radical (unpaired) electrons. The van der Waals surface area contributed by atoms with E-state index in [4.69, 9.17) is 0 Å². The van der Waals surface area contributed by atoms with E-state index in [1.54, 1.807) is 0 Å². The molecule has 2 N–H and O–H groups in total. The third-order valence-corrected chi connectivity index (χ3v) is 4.26. The van der Waals surface area contributed by atoms with Crippen LogP contribution in [0.5, 0.6) is 0 Å². The van der Waals surface area contributed by atoms with Crippen LogP contribution in [0.15, 0.2) is 4.99 Å². The Morgan fingerprint density at radius 1 is 1.09 bits per heavy atom. The number of nitrogens with one attached hydrogen (secondary N) is 2. The molecule has 22 heavy (non-hydrogen) atoms. The van der Waals surface area contributed by atoms with Gasteiger partial charge in [0.1, 0.15) is 0 Å². The Morgan fingerprint density at radius 3 is 2.36 bits per heavy atom. The number of hydrogen-bond acceptors (Lipinski definition) is 3. The molecule has 1 fully saturated rings. The third-order valence-electron chi connectivity index (χ3n) is 4.26. The monoisotopic (exact) mass is 311 g/mol. The predicted molar refractivity (Wildman–Crippen MR) is 96.5 cm³/mol. The fourth-order valence-electron chi connectivity index (χ4n) is 2.74. The molecule has 0 bridgehead atoms. The summed E-state index contributed by atoms with van der Waals surface area (Å²) in [6, 6.07) is 0. The summed E-state index contributed by atoms with van der Waals surface area (Å²) in [4.78, 5) is 9.29. The first-order chi connectivity index (χ1) is 10.5. The average molecular weight is 312 g/mol. The Balaban J connectivity index is 2.14. The van der Waals surface area contributed by atoms with Crippen molar-refractivity contribution in [3.8, 4) is 0 Å². The van der Waals surface area contributed by atoms with Crippen molar-refractivity contribution < 1.29 is 0 Å². The first-order valence-corrected chi connectivity index (χ1v) is 8.86. The van der Waals surface area contributed by atoms with Crippen LogP contribution >= 0.6 is 0 Å². The zero-order valence-electron chi connectivity index (χ0n) is 15.4. The van der Waals surface area contributed by atoms with E-state index < -0.39 is 0 Å². The number of likely N-dealkylation sites (N-methyl/N-ethyl adjacent to an activating group) is 1. The van der Waals surface area contributed by atoms with Crippen molar-refractivity contribution in [2.75, 3.05) is 59.9 Å². The van der Waals surface area contributed by atoms with E-state index >= 15 is 0 Å². The second kappa shape index (κ2) is 10.8. The highest BCUT2D eigenvalue weighted by atomic mass is 15.2. The van der Waals surface area contributed by atoms with Crippen LogP contribution in [0.2, 0.25) is 0 Å². The van der Waals surface area contributed by atoms with Gasteiger partial charge in [-0.15, -0.1) is 0 Å². The van der Waals surface area contributed by atoms with Crippen LogP contribution in [0, 0.1) is 11.8 Å². The Hall–Kier alpha value is -0.810. The molecule has 0 aromatic rings. The number of piperazine rings is 1. The van der Waals surface area contributed by atoms with E-state index in [0.717, 1.165) is 25.0 Å². The minimum absolute atomic E-state index is 0.637. The molecule has 1 heterocycles. The normalized spacial score (nSPS) is 19.5. The van der Waals surface area contributed by atoms with Crippen molar-refractivity contribution in [3.63, 3.8) is 0 Å². The maximum atomic E-state index is 4.31. The molecule has 1 unspecified atom stereocenters. The molecule has 0 aromatic carbocycles.